The number of rotatable bonds is 5. The van der Waals surface area contributed by atoms with E-state index in [4.69, 9.17) is 10.5 Å². The summed E-state index contributed by atoms with van der Waals surface area (Å²) < 4.78 is 31.9. The molecule has 5 heteroatoms. The predicted octanol–water partition coefficient (Wildman–Crippen LogP) is 1.90. The second kappa shape index (κ2) is 4.82. The number of likely N-dealkylation sites (N-methyl/N-ethyl adjacent to an activating group) is 1. The summed E-state index contributed by atoms with van der Waals surface area (Å²) in [5.41, 5.74) is 6.18. The summed E-state index contributed by atoms with van der Waals surface area (Å²) in [6.07, 6.45) is 1.99. The van der Waals surface area contributed by atoms with Crippen molar-refractivity contribution in [2.24, 2.45) is 5.73 Å². The Morgan fingerprint density at radius 1 is 1.33 bits per heavy atom. The normalized spacial score (nSPS) is 17.0. The standard InChI is InChI=1S/C13H18F2N2O/c1-17(8-13(16)3-4-13)7-9-5-11(15)12(18-2)6-10(9)14/h5-6H,3-4,7-8,16H2,1-2H3. The Morgan fingerprint density at radius 2 is 2.00 bits per heavy atom. The van der Waals surface area contributed by atoms with Crippen LogP contribution in [0.15, 0.2) is 12.1 Å². The fraction of sp³-hybridized carbons (Fsp3) is 0.538. The summed E-state index contributed by atoms with van der Waals surface area (Å²) in [5, 5.41) is 0. The molecular formula is C13H18F2N2O. The van der Waals surface area contributed by atoms with Gasteiger partial charge in [-0.25, -0.2) is 8.78 Å². The molecule has 2 rings (SSSR count). The van der Waals surface area contributed by atoms with E-state index in [-0.39, 0.29) is 11.3 Å². The third-order valence-corrected chi connectivity index (χ3v) is 3.24. The van der Waals surface area contributed by atoms with Gasteiger partial charge >= 0.3 is 0 Å². The lowest BCUT2D eigenvalue weighted by Crippen LogP contribution is -2.37. The van der Waals surface area contributed by atoms with E-state index in [0.717, 1.165) is 18.9 Å². The van der Waals surface area contributed by atoms with Gasteiger partial charge < -0.3 is 15.4 Å². The number of methoxy groups -OCH3 is 1. The van der Waals surface area contributed by atoms with Crippen molar-refractivity contribution in [3.05, 3.63) is 29.3 Å². The zero-order valence-electron chi connectivity index (χ0n) is 10.7. The molecule has 18 heavy (non-hydrogen) atoms. The average molecular weight is 256 g/mol. The molecule has 0 radical (unpaired) electrons. The van der Waals surface area contributed by atoms with Gasteiger partial charge in [-0.1, -0.05) is 0 Å². The highest BCUT2D eigenvalue weighted by atomic mass is 19.1. The maximum Gasteiger partial charge on any atom is 0.165 e. The van der Waals surface area contributed by atoms with Gasteiger partial charge in [0.15, 0.2) is 11.6 Å². The fourth-order valence-corrected chi connectivity index (χ4v) is 2.05. The Bertz CT molecular complexity index is 447. The van der Waals surface area contributed by atoms with E-state index in [1.807, 2.05) is 11.9 Å². The van der Waals surface area contributed by atoms with Crippen molar-refractivity contribution >= 4 is 0 Å². The van der Waals surface area contributed by atoms with Crippen molar-refractivity contribution in [2.75, 3.05) is 20.7 Å². The Hall–Kier alpha value is -1.20. The van der Waals surface area contributed by atoms with Crippen molar-refractivity contribution in [3.8, 4) is 5.75 Å². The fourth-order valence-electron chi connectivity index (χ4n) is 2.05. The summed E-state index contributed by atoms with van der Waals surface area (Å²) in [6, 6.07) is 2.26. The topological polar surface area (TPSA) is 38.5 Å². The maximum absolute atomic E-state index is 13.7. The molecule has 0 spiro atoms. The molecular weight excluding hydrogens is 238 g/mol. The Kier molecular flexibility index (Phi) is 3.54. The van der Waals surface area contributed by atoms with Gasteiger partial charge in [-0.3, -0.25) is 0 Å². The number of benzene rings is 1. The van der Waals surface area contributed by atoms with Crippen molar-refractivity contribution in [1.29, 1.82) is 0 Å². The van der Waals surface area contributed by atoms with E-state index in [9.17, 15) is 8.78 Å². The zero-order valence-corrected chi connectivity index (χ0v) is 10.7. The van der Waals surface area contributed by atoms with Crippen molar-refractivity contribution in [2.45, 2.75) is 24.9 Å². The van der Waals surface area contributed by atoms with Crippen molar-refractivity contribution in [3.63, 3.8) is 0 Å². The van der Waals surface area contributed by atoms with Crippen LogP contribution in [0.1, 0.15) is 18.4 Å². The van der Waals surface area contributed by atoms with E-state index in [1.165, 1.54) is 13.2 Å². The third-order valence-electron chi connectivity index (χ3n) is 3.24. The van der Waals surface area contributed by atoms with Crippen LogP contribution in [0.4, 0.5) is 8.78 Å². The van der Waals surface area contributed by atoms with Crippen LogP contribution in [0.2, 0.25) is 0 Å². The van der Waals surface area contributed by atoms with Gasteiger partial charge in [0.1, 0.15) is 5.82 Å². The first kappa shape index (κ1) is 13.2. The molecule has 0 amide bonds. The number of nitrogens with zero attached hydrogens (tertiary/aromatic N) is 1. The second-order valence-corrected chi connectivity index (χ2v) is 5.11. The van der Waals surface area contributed by atoms with Crippen LogP contribution in [0, 0.1) is 11.6 Å². The van der Waals surface area contributed by atoms with Crippen LogP contribution in [-0.2, 0) is 6.54 Å². The van der Waals surface area contributed by atoms with Gasteiger partial charge in [0.25, 0.3) is 0 Å². The minimum absolute atomic E-state index is 0.0728. The average Bonchev–Trinajstić information content (AvgIpc) is 3.00. The molecule has 1 aromatic rings. The van der Waals surface area contributed by atoms with E-state index in [2.05, 4.69) is 0 Å². The molecule has 0 atom stereocenters. The first-order valence-corrected chi connectivity index (χ1v) is 5.93. The summed E-state index contributed by atoms with van der Waals surface area (Å²) in [7, 11) is 3.17. The molecule has 0 aliphatic heterocycles. The molecule has 1 saturated carbocycles. The van der Waals surface area contributed by atoms with Crippen LogP contribution in [-0.4, -0.2) is 31.1 Å². The number of ether oxygens (including phenoxy) is 1. The predicted molar refractivity (Wildman–Crippen MR) is 65.4 cm³/mol. The van der Waals surface area contributed by atoms with Gasteiger partial charge in [-0.15, -0.1) is 0 Å². The maximum atomic E-state index is 13.7. The lowest BCUT2D eigenvalue weighted by Gasteiger charge is -2.21. The van der Waals surface area contributed by atoms with E-state index < -0.39 is 11.6 Å². The summed E-state index contributed by atoms with van der Waals surface area (Å²) in [5.74, 6) is -1.07. The molecule has 2 N–H and O–H groups in total. The van der Waals surface area contributed by atoms with Crippen LogP contribution < -0.4 is 10.5 Å². The molecule has 1 aliphatic rings. The van der Waals surface area contributed by atoms with Gasteiger partial charge in [0, 0.05) is 30.3 Å². The van der Waals surface area contributed by atoms with Crippen LogP contribution >= 0.6 is 0 Å². The molecule has 1 aromatic carbocycles. The Morgan fingerprint density at radius 3 is 2.56 bits per heavy atom. The quantitative estimate of drug-likeness (QED) is 0.874. The summed E-state index contributed by atoms with van der Waals surface area (Å²) in [4.78, 5) is 1.91. The van der Waals surface area contributed by atoms with Gasteiger partial charge in [0.05, 0.1) is 7.11 Å². The lowest BCUT2D eigenvalue weighted by molar-refractivity contribution is 0.290. The Balaban J connectivity index is 2.06. The highest BCUT2D eigenvalue weighted by Crippen LogP contribution is 2.33. The number of hydrogen-bond acceptors (Lipinski definition) is 3. The monoisotopic (exact) mass is 256 g/mol. The summed E-state index contributed by atoms with van der Waals surface area (Å²) >= 11 is 0. The molecule has 0 saturated heterocycles. The lowest BCUT2D eigenvalue weighted by atomic mass is 10.1. The highest BCUT2D eigenvalue weighted by molar-refractivity contribution is 5.30. The summed E-state index contributed by atoms with van der Waals surface area (Å²) in [6.45, 7) is 1.03. The Labute approximate surface area is 106 Å². The minimum Gasteiger partial charge on any atom is -0.494 e. The molecule has 0 bridgehead atoms. The second-order valence-electron chi connectivity index (χ2n) is 5.11. The third kappa shape index (κ3) is 2.97. The smallest absolute Gasteiger partial charge is 0.165 e. The number of halogens is 2. The number of nitrogens with two attached hydrogens (primary N) is 1. The molecule has 1 aliphatic carbocycles. The van der Waals surface area contributed by atoms with Crippen molar-refractivity contribution in [1.82, 2.24) is 4.90 Å². The molecule has 1 fully saturated rings. The van der Waals surface area contributed by atoms with Crippen LogP contribution in [0.25, 0.3) is 0 Å². The number of hydrogen-bond donors (Lipinski definition) is 1. The van der Waals surface area contributed by atoms with E-state index in [1.54, 1.807) is 0 Å². The largest absolute Gasteiger partial charge is 0.494 e. The van der Waals surface area contributed by atoms with Gasteiger partial charge in [-0.05, 0) is 26.0 Å². The first-order valence-electron chi connectivity index (χ1n) is 5.93. The van der Waals surface area contributed by atoms with Crippen LogP contribution in [0.3, 0.4) is 0 Å². The minimum atomic E-state index is -0.545. The first-order chi connectivity index (χ1) is 8.43. The van der Waals surface area contributed by atoms with E-state index >= 15 is 0 Å². The van der Waals surface area contributed by atoms with Gasteiger partial charge in [-0.2, -0.15) is 0 Å². The molecule has 3 nitrogen and oxygen atoms in total. The van der Waals surface area contributed by atoms with E-state index in [0.29, 0.717) is 18.7 Å². The van der Waals surface area contributed by atoms with Gasteiger partial charge in [0.2, 0.25) is 0 Å². The van der Waals surface area contributed by atoms with Crippen LogP contribution in [0.5, 0.6) is 5.75 Å². The molecule has 100 valence electrons. The molecule has 0 heterocycles. The van der Waals surface area contributed by atoms with Crippen molar-refractivity contribution < 1.29 is 13.5 Å². The highest BCUT2D eigenvalue weighted by Gasteiger charge is 2.38. The molecule has 0 aromatic heterocycles. The SMILES string of the molecule is COc1cc(F)c(CN(C)CC2(N)CC2)cc1F. The molecule has 0 unspecified atom stereocenters. The zero-order chi connectivity index (χ0) is 13.3.